The zero-order valence-corrected chi connectivity index (χ0v) is 12.8. The number of rotatable bonds is 8. The van der Waals surface area contributed by atoms with E-state index in [1.165, 1.54) is 5.56 Å². The monoisotopic (exact) mass is 308 g/mol. The van der Waals surface area contributed by atoms with Crippen LogP contribution in [0.5, 0.6) is 0 Å². The summed E-state index contributed by atoms with van der Waals surface area (Å²) in [7, 11) is -3.11. The highest BCUT2D eigenvalue weighted by Gasteiger charge is 2.01. The number of hydrogen-bond donors (Lipinski definition) is 2. The lowest BCUT2D eigenvalue weighted by Gasteiger charge is -2.03. The van der Waals surface area contributed by atoms with Gasteiger partial charge in [0.15, 0.2) is 0 Å². The van der Waals surface area contributed by atoms with Crippen LogP contribution >= 0.6 is 0 Å². The van der Waals surface area contributed by atoms with Gasteiger partial charge >= 0.3 is 0 Å². The van der Waals surface area contributed by atoms with Crippen LogP contribution in [0.15, 0.2) is 42.7 Å². The molecule has 1 aromatic heterocycles. The minimum atomic E-state index is -3.11. The van der Waals surface area contributed by atoms with E-state index < -0.39 is 10.0 Å². The smallest absolute Gasteiger partial charge is 0.208 e. The van der Waals surface area contributed by atoms with Crippen molar-refractivity contribution < 1.29 is 8.42 Å². The molecule has 0 radical (unpaired) electrons. The molecule has 0 unspecified atom stereocenters. The zero-order chi connectivity index (χ0) is 15.1. The summed E-state index contributed by atoms with van der Waals surface area (Å²) in [6, 6.07) is 10.1. The molecule has 0 spiro atoms. The summed E-state index contributed by atoms with van der Waals surface area (Å²) in [5, 5.41) is 7.49. The molecule has 0 aliphatic carbocycles. The first-order valence-corrected chi connectivity index (χ1v) is 8.63. The maximum Gasteiger partial charge on any atom is 0.208 e. The van der Waals surface area contributed by atoms with Gasteiger partial charge < -0.3 is 5.32 Å². The summed E-state index contributed by atoms with van der Waals surface area (Å²) in [6.45, 7) is 2.38. The molecule has 0 fully saturated rings. The van der Waals surface area contributed by atoms with Crippen molar-refractivity contribution >= 4 is 10.0 Å². The Kier molecular flexibility index (Phi) is 5.49. The Morgan fingerprint density at radius 3 is 2.62 bits per heavy atom. The van der Waals surface area contributed by atoms with Crippen molar-refractivity contribution in [3.63, 3.8) is 0 Å². The second-order valence-electron chi connectivity index (χ2n) is 4.88. The van der Waals surface area contributed by atoms with Gasteiger partial charge in [0.1, 0.15) is 0 Å². The fraction of sp³-hybridized carbons (Fsp3) is 0.357. The summed E-state index contributed by atoms with van der Waals surface area (Å²) in [4.78, 5) is 0. The predicted molar refractivity (Wildman–Crippen MR) is 82.3 cm³/mol. The number of sulfonamides is 1. The van der Waals surface area contributed by atoms with Crippen molar-refractivity contribution in [1.82, 2.24) is 19.8 Å². The van der Waals surface area contributed by atoms with Crippen LogP contribution in [0.1, 0.15) is 11.1 Å². The maximum atomic E-state index is 10.9. The number of hydrogen-bond acceptors (Lipinski definition) is 4. The normalized spacial score (nSPS) is 11.7. The van der Waals surface area contributed by atoms with E-state index in [9.17, 15) is 8.42 Å². The van der Waals surface area contributed by atoms with Crippen LogP contribution in [0.4, 0.5) is 0 Å². The fourth-order valence-corrected chi connectivity index (χ4v) is 2.39. The minimum absolute atomic E-state index is 0.386. The van der Waals surface area contributed by atoms with Crippen molar-refractivity contribution in [2.24, 2.45) is 0 Å². The summed E-state index contributed by atoms with van der Waals surface area (Å²) in [5.74, 6) is 0. The molecular weight excluding hydrogens is 288 g/mol. The zero-order valence-electron chi connectivity index (χ0n) is 12.0. The molecule has 0 aliphatic heterocycles. The number of nitrogens with one attached hydrogen (secondary N) is 2. The molecule has 0 atom stereocenters. The summed E-state index contributed by atoms with van der Waals surface area (Å²) in [6.07, 6.45) is 4.96. The summed E-state index contributed by atoms with van der Waals surface area (Å²) in [5.41, 5.74) is 2.28. The molecule has 2 N–H and O–H groups in total. The molecule has 2 aromatic rings. The molecule has 2 rings (SSSR count). The lowest BCUT2D eigenvalue weighted by Crippen LogP contribution is -2.30. The van der Waals surface area contributed by atoms with E-state index in [0.717, 1.165) is 18.4 Å². The largest absolute Gasteiger partial charge is 0.311 e. The summed E-state index contributed by atoms with van der Waals surface area (Å²) < 4.78 is 26.1. The fourth-order valence-electron chi connectivity index (χ4n) is 1.91. The van der Waals surface area contributed by atoms with Gasteiger partial charge in [0.25, 0.3) is 0 Å². The minimum Gasteiger partial charge on any atom is -0.311 e. The highest BCUT2D eigenvalue weighted by atomic mass is 32.2. The van der Waals surface area contributed by atoms with Crippen LogP contribution in [-0.2, 0) is 23.1 Å². The van der Waals surface area contributed by atoms with Crippen LogP contribution < -0.4 is 10.0 Å². The van der Waals surface area contributed by atoms with Crippen molar-refractivity contribution in [1.29, 1.82) is 0 Å². The van der Waals surface area contributed by atoms with E-state index in [1.54, 1.807) is 0 Å². The van der Waals surface area contributed by atoms with Gasteiger partial charge in [-0.3, -0.25) is 4.68 Å². The molecule has 114 valence electrons. The van der Waals surface area contributed by atoms with Crippen LogP contribution in [0.3, 0.4) is 0 Å². The van der Waals surface area contributed by atoms with E-state index in [1.807, 2.05) is 35.3 Å². The second kappa shape index (κ2) is 7.35. The van der Waals surface area contributed by atoms with E-state index in [2.05, 4.69) is 27.3 Å². The predicted octanol–water partition coefficient (Wildman–Crippen LogP) is 0.570. The van der Waals surface area contributed by atoms with Gasteiger partial charge in [-0.2, -0.15) is 5.10 Å². The van der Waals surface area contributed by atoms with Gasteiger partial charge in [0.05, 0.1) is 19.0 Å². The third kappa shape index (κ3) is 6.07. The molecule has 6 nitrogen and oxygen atoms in total. The van der Waals surface area contributed by atoms with Gasteiger partial charge in [-0.1, -0.05) is 30.3 Å². The molecule has 0 aliphatic rings. The number of nitrogens with zero attached hydrogens (tertiary/aromatic N) is 2. The van der Waals surface area contributed by atoms with E-state index >= 15 is 0 Å². The first kappa shape index (κ1) is 15.7. The maximum absolute atomic E-state index is 10.9. The number of benzene rings is 1. The lowest BCUT2D eigenvalue weighted by atomic mass is 10.2. The van der Waals surface area contributed by atoms with Crippen molar-refractivity contribution in [2.45, 2.75) is 13.1 Å². The molecular formula is C14H20N4O2S. The summed E-state index contributed by atoms with van der Waals surface area (Å²) >= 11 is 0. The highest BCUT2D eigenvalue weighted by molar-refractivity contribution is 7.88. The molecule has 0 bridgehead atoms. The van der Waals surface area contributed by atoms with Gasteiger partial charge in [-0.25, -0.2) is 13.1 Å². The van der Waals surface area contributed by atoms with Crippen molar-refractivity contribution in [2.75, 3.05) is 19.3 Å². The highest BCUT2D eigenvalue weighted by Crippen LogP contribution is 2.03. The average Bonchev–Trinajstić information content (AvgIpc) is 2.86. The molecule has 7 heteroatoms. The van der Waals surface area contributed by atoms with E-state index in [4.69, 9.17) is 0 Å². The SMILES string of the molecule is CS(=O)(=O)NCCNCc1cnn(Cc2ccccc2)c1. The number of aromatic nitrogens is 2. The average molecular weight is 308 g/mol. The lowest BCUT2D eigenvalue weighted by molar-refractivity contribution is 0.581. The standard InChI is InChI=1S/C14H20N4O2S/c1-21(19,20)17-8-7-15-9-14-10-16-18(12-14)11-13-5-3-2-4-6-13/h2-6,10,12,15,17H,7-9,11H2,1H3. The first-order chi connectivity index (χ1) is 10.0. The van der Waals surface area contributed by atoms with Crippen LogP contribution in [-0.4, -0.2) is 37.5 Å². The first-order valence-electron chi connectivity index (χ1n) is 6.73. The molecule has 1 aromatic carbocycles. The molecule has 0 saturated carbocycles. The Hall–Kier alpha value is -1.70. The Morgan fingerprint density at radius 2 is 1.90 bits per heavy atom. The van der Waals surface area contributed by atoms with Gasteiger partial charge in [0.2, 0.25) is 10.0 Å². The quantitative estimate of drug-likeness (QED) is 0.699. The van der Waals surface area contributed by atoms with Crippen LogP contribution in [0.2, 0.25) is 0 Å². The van der Waals surface area contributed by atoms with Gasteiger partial charge in [0, 0.05) is 31.4 Å². The van der Waals surface area contributed by atoms with Crippen LogP contribution in [0, 0.1) is 0 Å². The molecule has 0 saturated heterocycles. The van der Waals surface area contributed by atoms with Crippen molar-refractivity contribution in [3.8, 4) is 0 Å². The molecule has 0 amide bonds. The Morgan fingerprint density at radius 1 is 1.14 bits per heavy atom. The second-order valence-corrected chi connectivity index (χ2v) is 6.71. The third-order valence-electron chi connectivity index (χ3n) is 2.87. The van der Waals surface area contributed by atoms with Gasteiger partial charge in [-0.15, -0.1) is 0 Å². The third-order valence-corrected chi connectivity index (χ3v) is 3.60. The Balaban J connectivity index is 1.73. The Bertz CT molecular complexity index is 653. The van der Waals surface area contributed by atoms with E-state index in [-0.39, 0.29) is 0 Å². The van der Waals surface area contributed by atoms with Gasteiger partial charge in [-0.05, 0) is 5.56 Å². The van der Waals surface area contributed by atoms with Crippen molar-refractivity contribution in [3.05, 3.63) is 53.9 Å². The molecule has 1 heterocycles. The Labute approximate surface area is 125 Å². The van der Waals surface area contributed by atoms with Crippen LogP contribution in [0.25, 0.3) is 0 Å². The topological polar surface area (TPSA) is 76.0 Å². The molecule has 21 heavy (non-hydrogen) atoms. The van der Waals surface area contributed by atoms with E-state index in [0.29, 0.717) is 19.6 Å².